The Kier molecular flexibility index (Phi) is 3.25. The van der Waals surface area contributed by atoms with E-state index in [1.54, 1.807) is 0 Å². The molecule has 3 heteroatoms. The van der Waals surface area contributed by atoms with Crippen LogP contribution < -0.4 is 5.32 Å². The van der Waals surface area contributed by atoms with Crippen molar-refractivity contribution in [3.63, 3.8) is 0 Å². The van der Waals surface area contributed by atoms with Crippen molar-refractivity contribution in [2.75, 3.05) is 6.54 Å². The summed E-state index contributed by atoms with van der Waals surface area (Å²) in [5.41, 5.74) is 2.56. The molecular formula is C13H18N2O. The van der Waals surface area contributed by atoms with Crippen molar-refractivity contribution >= 4 is 5.91 Å². The lowest BCUT2D eigenvalue weighted by molar-refractivity contribution is -0.130. The molecule has 0 atom stereocenters. The lowest BCUT2D eigenvalue weighted by atomic mass is 10.1. The van der Waals surface area contributed by atoms with Crippen LogP contribution in [0.5, 0.6) is 0 Å². The molecule has 2 rings (SSSR count). The van der Waals surface area contributed by atoms with E-state index < -0.39 is 0 Å². The van der Waals surface area contributed by atoms with Crippen LogP contribution in [0.25, 0.3) is 0 Å². The van der Waals surface area contributed by atoms with Crippen molar-refractivity contribution in [3.8, 4) is 0 Å². The van der Waals surface area contributed by atoms with Crippen LogP contribution >= 0.6 is 0 Å². The second-order valence-corrected chi connectivity index (χ2v) is 4.55. The van der Waals surface area contributed by atoms with Gasteiger partial charge in [0.2, 0.25) is 5.91 Å². The van der Waals surface area contributed by atoms with Crippen LogP contribution in [0.3, 0.4) is 0 Å². The van der Waals surface area contributed by atoms with E-state index in [0.717, 1.165) is 13.1 Å². The monoisotopic (exact) mass is 218 g/mol. The van der Waals surface area contributed by atoms with Gasteiger partial charge in [0, 0.05) is 19.1 Å². The molecule has 1 aromatic carbocycles. The van der Waals surface area contributed by atoms with Gasteiger partial charge in [-0.2, -0.15) is 0 Å². The molecule has 16 heavy (non-hydrogen) atoms. The van der Waals surface area contributed by atoms with E-state index >= 15 is 0 Å². The first-order chi connectivity index (χ1) is 7.66. The van der Waals surface area contributed by atoms with Crippen molar-refractivity contribution < 1.29 is 4.79 Å². The highest BCUT2D eigenvalue weighted by Crippen LogP contribution is 2.21. The second-order valence-electron chi connectivity index (χ2n) is 4.55. The number of hydrogen-bond donors (Lipinski definition) is 1. The first-order valence-electron chi connectivity index (χ1n) is 5.75. The van der Waals surface area contributed by atoms with Crippen LogP contribution in [-0.4, -0.2) is 23.4 Å². The van der Waals surface area contributed by atoms with Crippen molar-refractivity contribution in [2.24, 2.45) is 0 Å². The average Bonchev–Trinajstić information content (AvgIpc) is 2.69. The first kappa shape index (κ1) is 11.1. The molecular weight excluding hydrogens is 200 g/mol. The Hall–Kier alpha value is -1.35. The van der Waals surface area contributed by atoms with Gasteiger partial charge in [-0.1, -0.05) is 38.1 Å². The highest BCUT2D eigenvalue weighted by Gasteiger charge is 2.22. The highest BCUT2D eigenvalue weighted by molar-refractivity contribution is 5.79. The highest BCUT2D eigenvalue weighted by atomic mass is 16.2. The number of fused-ring (bicyclic) bond motifs is 1. The number of benzene rings is 1. The number of hydrogen-bond acceptors (Lipinski definition) is 2. The molecule has 0 aromatic heterocycles. The third kappa shape index (κ3) is 2.42. The molecule has 1 N–H and O–H groups in total. The van der Waals surface area contributed by atoms with Gasteiger partial charge in [-0.3, -0.25) is 4.79 Å². The smallest absolute Gasteiger partial charge is 0.237 e. The van der Waals surface area contributed by atoms with E-state index in [4.69, 9.17) is 0 Å². The SMILES string of the molecule is CC(C)NCC(=O)N1Cc2ccccc2C1. The Labute approximate surface area is 96.5 Å². The van der Waals surface area contributed by atoms with Gasteiger partial charge in [-0.15, -0.1) is 0 Å². The summed E-state index contributed by atoms with van der Waals surface area (Å²) in [7, 11) is 0. The molecule has 1 heterocycles. The van der Waals surface area contributed by atoms with Crippen LogP contribution in [0.2, 0.25) is 0 Å². The molecule has 1 aromatic rings. The largest absolute Gasteiger partial charge is 0.333 e. The summed E-state index contributed by atoms with van der Waals surface area (Å²) in [5.74, 6) is 0.185. The standard InChI is InChI=1S/C13H18N2O/c1-10(2)14-7-13(16)15-8-11-5-3-4-6-12(11)9-15/h3-6,10,14H,7-9H2,1-2H3. The third-order valence-electron chi connectivity index (χ3n) is 2.86. The number of rotatable bonds is 3. The lowest BCUT2D eigenvalue weighted by Gasteiger charge is -2.16. The van der Waals surface area contributed by atoms with Gasteiger partial charge in [-0.25, -0.2) is 0 Å². The Balaban J connectivity index is 1.93. The minimum absolute atomic E-state index is 0.185. The zero-order valence-electron chi connectivity index (χ0n) is 9.86. The molecule has 0 saturated heterocycles. The van der Waals surface area contributed by atoms with Crippen LogP contribution in [0, 0.1) is 0 Å². The molecule has 0 radical (unpaired) electrons. The predicted octanol–water partition coefficient (Wildman–Crippen LogP) is 1.53. The summed E-state index contributed by atoms with van der Waals surface area (Å²) in [5, 5.41) is 3.16. The minimum Gasteiger partial charge on any atom is -0.333 e. The molecule has 1 amide bonds. The third-order valence-corrected chi connectivity index (χ3v) is 2.86. The fraction of sp³-hybridized carbons (Fsp3) is 0.462. The van der Waals surface area contributed by atoms with Gasteiger partial charge in [-0.05, 0) is 11.1 Å². The Morgan fingerprint density at radius 1 is 1.31 bits per heavy atom. The predicted molar refractivity (Wildman–Crippen MR) is 63.8 cm³/mol. The van der Waals surface area contributed by atoms with E-state index in [2.05, 4.69) is 17.4 Å². The molecule has 0 unspecified atom stereocenters. The maximum absolute atomic E-state index is 11.9. The number of nitrogens with zero attached hydrogens (tertiary/aromatic N) is 1. The van der Waals surface area contributed by atoms with E-state index in [1.807, 2.05) is 30.9 Å². The molecule has 0 aliphatic carbocycles. The normalized spacial score (nSPS) is 14.3. The fourth-order valence-electron chi connectivity index (χ4n) is 1.91. The Morgan fingerprint density at radius 3 is 2.38 bits per heavy atom. The molecule has 3 nitrogen and oxygen atoms in total. The molecule has 0 bridgehead atoms. The van der Waals surface area contributed by atoms with Gasteiger partial charge >= 0.3 is 0 Å². The molecule has 1 aliphatic rings. The summed E-state index contributed by atoms with van der Waals surface area (Å²) < 4.78 is 0. The minimum atomic E-state index is 0.185. The molecule has 0 saturated carbocycles. The molecule has 0 fully saturated rings. The van der Waals surface area contributed by atoms with Crippen LogP contribution in [0.4, 0.5) is 0 Å². The first-order valence-corrected chi connectivity index (χ1v) is 5.75. The zero-order chi connectivity index (χ0) is 11.5. The fourth-order valence-corrected chi connectivity index (χ4v) is 1.91. The summed E-state index contributed by atoms with van der Waals surface area (Å²) in [6.45, 7) is 6.05. The summed E-state index contributed by atoms with van der Waals surface area (Å²) in [4.78, 5) is 13.8. The maximum Gasteiger partial charge on any atom is 0.237 e. The van der Waals surface area contributed by atoms with Gasteiger partial charge in [0.1, 0.15) is 0 Å². The number of nitrogens with one attached hydrogen (secondary N) is 1. The van der Waals surface area contributed by atoms with E-state index in [-0.39, 0.29) is 5.91 Å². The van der Waals surface area contributed by atoms with Gasteiger partial charge in [0.05, 0.1) is 6.54 Å². The molecule has 0 spiro atoms. The van der Waals surface area contributed by atoms with E-state index in [1.165, 1.54) is 11.1 Å². The van der Waals surface area contributed by atoms with Gasteiger partial charge < -0.3 is 10.2 Å². The average molecular weight is 218 g/mol. The summed E-state index contributed by atoms with van der Waals surface area (Å²) in [6.07, 6.45) is 0. The lowest BCUT2D eigenvalue weighted by Crippen LogP contribution is -2.37. The quantitative estimate of drug-likeness (QED) is 0.834. The van der Waals surface area contributed by atoms with Gasteiger partial charge in [0.15, 0.2) is 0 Å². The van der Waals surface area contributed by atoms with Gasteiger partial charge in [0.25, 0.3) is 0 Å². The van der Waals surface area contributed by atoms with Crippen molar-refractivity contribution in [1.82, 2.24) is 10.2 Å². The molecule has 86 valence electrons. The number of carbonyl (C=O) groups excluding carboxylic acids is 1. The van der Waals surface area contributed by atoms with Crippen molar-refractivity contribution in [1.29, 1.82) is 0 Å². The molecule has 1 aliphatic heterocycles. The number of carbonyl (C=O) groups is 1. The Morgan fingerprint density at radius 2 is 1.88 bits per heavy atom. The van der Waals surface area contributed by atoms with E-state index in [0.29, 0.717) is 12.6 Å². The zero-order valence-corrected chi connectivity index (χ0v) is 9.86. The topological polar surface area (TPSA) is 32.3 Å². The Bertz CT molecular complexity index is 362. The maximum atomic E-state index is 11.9. The van der Waals surface area contributed by atoms with E-state index in [9.17, 15) is 4.79 Å². The van der Waals surface area contributed by atoms with Crippen LogP contribution in [-0.2, 0) is 17.9 Å². The summed E-state index contributed by atoms with van der Waals surface area (Å²) in [6, 6.07) is 8.60. The summed E-state index contributed by atoms with van der Waals surface area (Å²) >= 11 is 0. The number of amides is 1. The second kappa shape index (κ2) is 4.66. The van der Waals surface area contributed by atoms with Crippen LogP contribution in [0.1, 0.15) is 25.0 Å². The van der Waals surface area contributed by atoms with Crippen molar-refractivity contribution in [3.05, 3.63) is 35.4 Å². The van der Waals surface area contributed by atoms with Crippen LogP contribution in [0.15, 0.2) is 24.3 Å². The van der Waals surface area contributed by atoms with Crippen molar-refractivity contribution in [2.45, 2.75) is 33.0 Å².